The lowest BCUT2D eigenvalue weighted by Gasteiger charge is -2.29. The van der Waals surface area contributed by atoms with Gasteiger partial charge in [0.1, 0.15) is 23.7 Å². The molecule has 0 unspecified atom stereocenters. The van der Waals surface area contributed by atoms with E-state index in [1.807, 2.05) is 43.0 Å². The number of aromatic nitrogens is 1. The standard InChI is InChI=1S/C38H44FN9O3/c1-24(2)51-31-10-8-28(20-29(31)39)34(41)35-30(40)9-11-32(45-35)48-19-15-38(37(48)50)14-18-46(22-38)21-33(49)47-16-12-26(13-17-47)25-4-6-27(7-5-25)36(42)44-23-43-3/h4-12,20,23-24,41H,13-19,21-22,40H2,1-3H3,(H2,42,43,44)/t38-/m0/s1. The number of rotatable bonds is 10. The third-order valence-electron chi connectivity index (χ3n) is 9.74. The van der Waals surface area contributed by atoms with Crippen molar-refractivity contribution in [2.24, 2.45) is 21.1 Å². The highest BCUT2D eigenvalue weighted by Gasteiger charge is 2.51. The van der Waals surface area contributed by atoms with Crippen molar-refractivity contribution in [2.45, 2.75) is 39.2 Å². The molecule has 0 radical (unpaired) electrons. The van der Waals surface area contributed by atoms with Crippen LogP contribution in [0, 0.1) is 16.6 Å². The monoisotopic (exact) mass is 693 g/mol. The molecule has 266 valence electrons. The zero-order chi connectivity index (χ0) is 36.3. The number of nitrogen functional groups attached to an aromatic ring is 1. The molecule has 5 N–H and O–H groups in total. The minimum absolute atomic E-state index is 0.0449. The van der Waals surface area contributed by atoms with Crippen molar-refractivity contribution in [2.75, 3.05) is 56.9 Å². The zero-order valence-corrected chi connectivity index (χ0v) is 29.2. The maximum absolute atomic E-state index is 14.7. The van der Waals surface area contributed by atoms with Crippen molar-refractivity contribution in [3.05, 3.63) is 88.9 Å². The number of aliphatic imine (C=N–C) groups is 2. The number of nitrogens with one attached hydrogen (secondary N) is 1. The van der Waals surface area contributed by atoms with Gasteiger partial charge in [-0.3, -0.25) is 29.8 Å². The third-order valence-corrected chi connectivity index (χ3v) is 9.74. The molecule has 4 heterocycles. The zero-order valence-electron chi connectivity index (χ0n) is 29.2. The van der Waals surface area contributed by atoms with Gasteiger partial charge in [-0.25, -0.2) is 14.4 Å². The predicted molar refractivity (Wildman–Crippen MR) is 198 cm³/mol. The number of hydrogen-bond donors (Lipinski definition) is 3. The van der Waals surface area contributed by atoms with Gasteiger partial charge in [-0.05, 0) is 81.1 Å². The molecule has 2 fully saturated rings. The second kappa shape index (κ2) is 14.8. The predicted octanol–water partition coefficient (Wildman–Crippen LogP) is 4.11. The van der Waals surface area contributed by atoms with E-state index in [4.69, 9.17) is 21.6 Å². The fraction of sp³-hybridized carbons (Fsp3) is 0.368. The largest absolute Gasteiger partial charge is 0.488 e. The van der Waals surface area contributed by atoms with Crippen LogP contribution in [-0.2, 0) is 9.59 Å². The Morgan fingerprint density at radius 3 is 2.53 bits per heavy atom. The molecule has 1 aromatic heterocycles. The minimum Gasteiger partial charge on any atom is -0.488 e. The molecule has 2 amide bonds. The first kappa shape index (κ1) is 35.4. The van der Waals surface area contributed by atoms with E-state index < -0.39 is 11.2 Å². The molecule has 3 aliphatic rings. The maximum Gasteiger partial charge on any atom is 0.237 e. The minimum atomic E-state index is -0.606. The average molecular weight is 694 g/mol. The van der Waals surface area contributed by atoms with E-state index in [-0.39, 0.29) is 47.3 Å². The van der Waals surface area contributed by atoms with Gasteiger partial charge >= 0.3 is 0 Å². The van der Waals surface area contributed by atoms with Crippen molar-refractivity contribution in [1.29, 1.82) is 5.41 Å². The maximum atomic E-state index is 14.7. The van der Waals surface area contributed by atoms with Crippen LogP contribution in [0.3, 0.4) is 0 Å². The lowest BCUT2D eigenvalue weighted by molar-refractivity contribution is -0.132. The Kier molecular flexibility index (Phi) is 10.3. The van der Waals surface area contributed by atoms with Gasteiger partial charge in [-0.2, -0.15) is 0 Å². The molecule has 1 spiro atoms. The van der Waals surface area contributed by atoms with Crippen LogP contribution in [0.25, 0.3) is 5.57 Å². The van der Waals surface area contributed by atoms with Crippen LogP contribution < -0.4 is 21.1 Å². The summed E-state index contributed by atoms with van der Waals surface area (Å²) in [5.74, 6) is 0.323. The van der Waals surface area contributed by atoms with Crippen LogP contribution >= 0.6 is 0 Å². The Hall–Kier alpha value is -5.43. The van der Waals surface area contributed by atoms with E-state index in [0.29, 0.717) is 62.8 Å². The number of carbonyl (C=O) groups excluding carboxylic acids is 2. The fourth-order valence-corrected chi connectivity index (χ4v) is 6.96. The van der Waals surface area contributed by atoms with Crippen LogP contribution in [0.2, 0.25) is 0 Å². The van der Waals surface area contributed by atoms with Crippen molar-refractivity contribution in [1.82, 2.24) is 14.8 Å². The number of carbonyl (C=O) groups is 2. The summed E-state index contributed by atoms with van der Waals surface area (Å²) in [5.41, 5.74) is 15.4. The number of amides is 2. The number of benzene rings is 2. The summed E-state index contributed by atoms with van der Waals surface area (Å²) in [5, 5.41) is 8.76. The van der Waals surface area contributed by atoms with E-state index in [2.05, 4.69) is 25.9 Å². The molecular formula is C38H44FN9O3. The van der Waals surface area contributed by atoms with E-state index in [9.17, 15) is 14.0 Å². The Morgan fingerprint density at radius 1 is 1.10 bits per heavy atom. The first-order valence-corrected chi connectivity index (χ1v) is 17.2. The molecule has 2 saturated heterocycles. The summed E-state index contributed by atoms with van der Waals surface area (Å²) in [7, 11) is 1.64. The number of halogens is 1. The molecular weight excluding hydrogens is 649 g/mol. The third kappa shape index (κ3) is 7.53. The second-order valence-electron chi connectivity index (χ2n) is 13.5. The van der Waals surface area contributed by atoms with Gasteiger partial charge in [0.15, 0.2) is 11.6 Å². The SMILES string of the molecule is CN=CN=C(N)c1ccc(C2=CCN(C(=O)CN3CC[C@]4(CCN(c5ccc(N)c(C(=N)c6ccc(OC(C)C)c(F)c6)n5)C4=O)C3)CC2)cc1. The molecule has 13 heteroatoms. The Balaban J connectivity index is 1.06. The topological polar surface area (TPSA) is 167 Å². The summed E-state index contributed by atoms with van der Waals surface area (Å²) >= 11 is 0. The molecule has 0 bridgehead atoms. The highest BCUT2D eigenvalue weighted by molar-refractivity contribution is 6.13. The van der Waals surface area contributed by atoms with Gasteiger partial charge in [0.2, 0.25) is 11.8 Å². The lowest BCUT2D eigenvalue weighted by atomic mass is 9.85. The van der Waals surface area contributed by atoms with Gasteiger partial charge in [-0.15, -0.1) is 0 Å². The molecule has 0 saturated carbocycles. The number of anilines is 2. The van der Waals surface area contributed by atoms with Gasteiger partial charge in [0.05, 0.1) is 29.5 Å². The average Bonchev–Trinajstić information content (AvgIpc) is 3.69. The summed E-state index contributed by atoms with van der Waals surface area (Å²) in [4.78, 5) is 45.4. The highest BCUT2D eigenvalue weighted by atomic mass is 19.1. The van der Waals surface area contributed by atoms with Gasteiger partial charge in [-0.1, -0.05) is 30.3 Å². The first-order valence-electron chi connectivity index (χ1n) is 17.2. The fourth-order valence-electron chi connectivity index (χ4n) is 6.96. The Bertz CT molecular complexity index is 1920. The number of ether oxygens (including phenoxy) is 1. The number of nitrogens with two attached hydrogens (primary N) is 2. The van der Waals surface area contributed by atoms with Crippen LogP contribution in [0.4, 0.5) is 15.9 Å². The molecule has 3 aliphatic heterocycles. The van der Waals surface area contributed by atoms with Gasteiger partial charge in [0.25, 0.3) is 0 Å². The van der Waals surface area contributed by atoms with E-state index in [0.717, 1.165) is 17.5 Å². The van der Waals surface area contributed by atoms with E-state index in [1.54, 1.807) is 30.1 Å². The molecule has 12 nitrogen and oxygen atoms in total. The van der Waals surface area contributed by atoms with Crippen LogP contribution in [0.1, 0.15) is 55.5 Å². The lowest BCUT2D eigenvalue weighted by Crippen LogP contribution is -2.43. The summed E-state index contributed by atoms with van der Waals surface area (Å²) in [6.45, 7) is 6.63. The number of hydrogen-bond acceptors (Lipinski definition) is 8. The van der Waals surface area contributed by atoms with Crippen molar-refractivity contribution in [3.63, 3.8) is 0 Å². The Morgan fingerprint density at radius 2 is 1.84 bits per heavy atom. The molecule has 1 atom stereocenters. The summed E-state index contributed by atoms with van der Waals surface area (Å²) in [6.07, 6.45) is 5.35. The quantitative estimate of drug-likeness (QED) is 0.212. The van der Waals surface area contributed by atoms with Crippen LogP contribution in [0.5, 0.6) is 5.75 Å². The van der Waals surface area contributed by atoms with Crippen molar-refractivity contribution < 1.29 is 18.7 Å². The van der Waals surface area contributed by atoms with Crippen LogP contribution in [-0.4, -0.2) is 96.9 Å². The second-order valence-corrected chi connectivity index (χ2v) is 13.5. The molecule has 6 rings (SSSR count). The molecule has 51 heavy (non-hydrogen) atoms. The molecule has 0 aliphatic carbocycles. The van der Waals surface area contributed by atoms with Gasteiger partial charge < -0.3 is 21.1 Å². The van der Waals surface area contributed by atoms with Crippen LogP contribution in [0.15, 0.2) is 70.7 Å². The van der Waals surface area contributed by atoms with E-state index in [1.165, 1.54) is 24.0 Å². The molecule has 2 aromatic carbocycles. The number of nitrogens with zero attached hydrogens (tertiary/aromatic N) is 6. The molecule has 3 aromatic rings. The number of pyridine rings is 1. The highest BCUT2D eigenvalue weighted by Crippen LogP contribution is 2.42. The van der Waals surface area contributed by atoms with Crippen molar-refractivity contribution in [3.8, 4) is 5.75 Å². The number of amidine groups is 1. The van der Waals surface area contributed by atoms with Crippen molar-refractivity contribution >= 4 is 46.8 Å². The Labute approximate surface area is 297 Å². The van der Waals surface area contributed by atoms with Gasteiger partial charge in [0, 0.05) is 44.4 Å². The first-order chi connectivity index (χ1) is 24.5. The smallest absolute Gasteiger partial charge is 0.237 e. The normalized spacial score (nSPS) is 19.8. The summed E-state index contributed by atoms with van der Waals surface area (Å²) < 4.78 is 20.2. The van der Waals surface area contributed by atoms with E-state index >= 15 is 0 Å². The summed E-state index contributed by atoms with van der Waals surface area (Å²) in [6, 6.07) is 15.5. The number of likely N-dealkylation sites (tertiary alicyclic amines) is 1.